The van der Waals surface area contributed by atoms with E-state index in [2.05, 4.69) is 5.32 Å². The Morgan fingerprint density at radius 3 is 2.35 bits per heavy atom. The van der Waals surface area contributed by atoms with Crippen molar-refractivity contribution in [2.45, 2.75) is 25.9 Å². The van der Waals surface area contributed by atoms with Crippen LogP contribution in [-0.2, 0) is 23.8 Å². The number of carbonyl (C=O) groups excluding carboxylic acids is 1. The topological polar surface area (TPSA) is 29.1 Å². The van der Waals surface area contributed by atoms with Crippen molar-refractivity contribution in [2.75, 3.05) is 5.32 Å². The molecule has 0 unspecified atom stereocenters. The van der Waals surface area contributed by atoms with Crippen molar-refractivity contribution in [1.29, 1.82) is 0 Å². The van der Waals surface area contributed by atoms with Crippen LogP contribution in [0.1, 0.15) is 23.6 Å². The van der Waals surface area contributed by atoms with Gasteiger partial charge in [0.25, 0.3) is 0 Å². The molecule has 1 aromatic carbocycles. The van der Waals surface area contributed by atoms with Crippen LogP contribution in [0.15, 0.2) is 6.07 Å². The molecular formula is C11H9ClF3NO. The molecule has 0 spiro atoms. The van der Waals surface area contributed by atoms with Gasteiger partial charge in [0.1, 0.15) is 0 Å². The van der Waals surface area contributed by atoms with Crippen molar-refractivity contribution in [2.24, 2.45) is 0 Å². The van der Waals surface area contributed by atoms with Crippen LogP contribution in [0.3, 0.4) is 0 Å². The Hall–Kier alpha value is -1.23. The molecule has 6 heteroatoms. The van der Waals surface area contributed by atoms with Crippen LogP contribution >= 0.6 is 11.6 Å². The molecule has 0 atom stereocenters. The number of anilines is 1. The molecule has 0 fully saturated rings. The molecule has 1 amide bonds. The van der Waals surface area contributed by atoms with E-state index in [1.807, 2.05) is 0 Å². The second-order valence-electron chi connectivity index (χ2n) is 3.92. The van der Waals surface area contributed by atoms with Crippen LogP contribution in [0.5, 0.6) is 0 Å². The number of amides is 1. The first-order valence-corrected chi connectivity index (χ1v) is 5.37. The number of nitrogens with one attached hydrogen (secondary N) is 1. The third-order valence-corrected chi connectivity index (χ3v) is 3.03. The van der Waals surface area contributed by atoms with E-state index in [1.54, 1.807) is 0 Å². The van der Waals surface area contributed by atoms with Crippen LogP contribution in [0.4, 0.5) is 18.9 Å². The molecule has 0 aromatic heterocycles. The summed E-state index contributed by atoms with van der Waals surface area (Å²) in [5.41, 5.74) is 0.358. The molecule has 0 saturated heterocycles. The summed E-state index contributed by atoms with van der Waals surface area (Å²) in [5, 5.41) is 2.41. The molecule has 1 N–H and O–H groups in total. The maximum atomic E-state index is 12.7. The highest BCUT2D eigenvalue weighted by Gasteiger charge is 2.38. The predicted molar refractivity (Wildman–Crippen MR) is 58.2 cm³/mol. The lowest BCUT2D eigenvalue weighted by Gasteiger charge is -2.27. The average Bonchev–Trinajstić information content (AvgIpc) is 2.09. The van der Waals surface area contributed by atoms with E-state index in [0.29, 0.717) is 24.1 Å². The van der Waals surface area contributed by atoms with Gasteiger partial charge in [0.15, 0.2) is 0 Å². The van der Waals surface area contributed by atoms with Gasteiger partial charge in [-0.2, -0.15) is 13.2 Å². The molecule has 0 heterocycles. The first-order valence-electron chi connectivity index (χ1n) is 4.99. The van der Waals surface area contributed by atoms with E-state index < -0.39 is 11.7 Å². The minimum absolute atomic E-state index is 0.0639. The summed E-state index contributed by atoms with van der Waals surface area (Å²) < 4.78 is 38.1. The van der Waals surface area contributed by atoms with E-state index >= 15 is 0 Å². The Morgan fingerprint density at radius 1 is 1.35 bits per heavy atom. The van der Waals surface area contributed by atoms with E-state index in [0.717, 1.165) is 6.07 Å². The van der Waals surface area contributed by atoms with Gasteiger partial charge >= 0.3 is 6.18 Å². The van der Waals surface area contributed by atoms with E-state index in [4.69, 9.17) is 11.6 Å². The minimum atomic E-state index is -4.40. The molecule has 0 aliphatic heterocycles. The number of hydrogen-bond acceptors (Lipinski definition) is 1. The summed E-state index contributed by atoms with van der Waals surface area (Å²) in [4.78, 5) is 10.9. The van der Waals surface area contributed by atoms with Crippen LogP contribution in [0, 0.1) is 0 Å². The standard InChI is InChI=1S/C11H9ClF3NO/c1-5(17)16-10-7-3-2-6(7)8(4-9(10)12)11(13,14)15/h4H,2-3H2,1H3,(H,16,17). The summed E-state index contributed by atoms with van der Waals surface area (Å²) in [5.74, 6) is -0.347. The zero-order valence-corrected chi connectivity index (χ0v) is 9.67. The zero-order chi connectivity index (χ0) is 12.8. The van der Waals surface area contributed by atoms with Crippen molar-refractivity contribution < 1.29 is 18.0 Å². The maximum Gasteiger partial charge on any atom is 0.416 e. The number of alkyl halides is 3. The number of rotatable bonds is 1. The van der Waals surface area contributed by atoms with Crippen LogP contribution < -0.4 is 5.32 Å². The molecule has 1 aliphatic rings. The second-order valence-corrected chi connectivity index (χ2v) is 4.32. The number of benzene rings is 1. The Labute approximate surface area is 101 Å². The van der Waals surface area contributed by atoms with Crippen LogP contribution in [0.2, 0.25) is 5.02 Å². The molecule has 17 heavy (non-hydrogen) atoms. The number of hydrogen-bond donors (Lipinski definition) is 1. The van der Waals surface area contributed by atoms with Gasteiger partial charge < -0.3 is 5.32 Å². The number of fused-ring (bicyclic) bond motifs is 1. The van der Waals surface area contributed by atoms with Gasteiger partial charge in [0, 0.05) is 6.92 Å². The molecule has 2 nitrogen and oxygen atoms in total. The van der Waals surface area contributed by atoms with Crippen LogP contribution in [-0.4, -0.2) is 5.91 Å². The minimum Gasteiger partial charge on any atom is -0.325 e. The summed E-state index contributed by atoms with van der Waals surface area (Å²) in [6.45, 7) is 1.29. The summed E-state index contributed by atoms with van der Waals surface area (Å²) >= 11 is 5.78. The quantitative estimate of drug-likeness (QED) is 0.826. The Kier molecular flexibility index (Phi) is 2.81. The highest BCUT2D eigenvalue weighted by Crippen LogP contribution is 2.44. The monoisotopic (exact) mass is 263 g/mol. The maximum absolute atomic E-state index is 12.7. The molecule has 0 radical (unpaired) electrons. The fourth-order valence-electron chi connectivity index (χ4n) is 1.94. The number of carbonyl (C=O) groups is 1. The van der Waals surface area contributed by atoms with Gasteiger partial charge in [-0.25, -0.2) is 0 Å². The largest absolute Gasteiger partial charge is 0.416 e. The summed E-state index contributed by atoms with van der Waals surface area (Å²) in [6, 6.07) is 0.880. The average molecular weight is 264 g/mol. The molecule has 0 bridgehead atoms. The SMILES string of the molecule is CC(=O)Nc1c(Cl)cc(C(F)(F)F)c2c1CC2. The lowest BCUT2D eigenvalue weighted by molar-refractivity contribution is -0.138. The predicted octanol–water partition coefficient (Wildman–Crippen LogP) is 3.42. The molecular weight excluding hydrogens is 255 g/mol. The van der Waals surface area contributed by atoms with Crippen molar-refractivity contribution in [1.82, 2.24) is 0 Å². The normalized spacial score (nSPS) is 13.9. The molecule has 0 saturated carbocycles. The lowest BCUT2D eigenvalue weighted by atomic mass is 9.83. The molecule has 1 aromatic rings. The first kappa shape index (κ1) is 12.2. The summed E-state index contributed by atoms with van der Waals surface area (Å²) in [7, 11) is 0. The van der Waals surface area contributed by atoms with Crippen molar-refractivity contribution >= 4 is 23.2 Å². The van der Waals surface area contributed by atoms with Gasteiger partial charge in [0.05, 0.1) is 16.3 Å². The van der Waals surface area contributed by atoms with E-state index in [9.17, 15) is 18.0 Å². The summed E-state index contributed by atoms with van der Waals surface area (Å²) in [6.07, 6.45) is -3.52. The fraction of sp³-hybridized carbons (Fsp3) is 0.364. The molecule has 92 valence electrons. The van der Waals surface area contributed by atoms with Gasteiger partial charge in [-0.05, 0) is 30.0 Å². The van der Waals surface area contributed by atoms with Crippen molar-refractivity contribution in [3.8, 4) is 0 Å². The Balaban J connectivity index is 2.54. The second kappa shape index (κ2) is 3.91. The van der Waals surface area contributed by atoms with Gasteiger partial charge in [-0.15, -0.1) is 0 Å². The highest BCUT2D eigenvalue weighted by molar-refractivity contribution is 6.34. The molecule has 2 rings (SSSR count). The first-order chi connectivity index (χ1) is 7.80. The van der Waals surface area contributed by atoms with E-state index in [-0.39, 0.29) is 16.5 Å². The Bertz CT molecular complexity index is 496. The third-order valence-electron chi connectivity index (χ3n) is 2.73. The molecule has 1 aliphatic carbocycles. The fourth-order valence-corrected chi connectivity index (χ4v) is 2.21. The lowest BCUT2D eigenvalue weighted by Crippen LogP contribution is -2.22. The Morgan fingerprint density at radius 2 is 1.94 bits per heavy atom. The van der Waals surface area contributed by atoms with Gasteiger partial charge in [-0.1, -0.05) is 11.6 Å². The van der Waals surface area contributed by atoms with Gasteiger partial charge in [-0.3, -0.25) is 4.79 Å². The zero-order valence-electron chi connectivity index (χ0n) is 8.91. The van der Waals surface area contributed by atoms with Crippen molar-refractivity contribution in [3.05, 3.63) is 27.8 Å². The van der Waals surface area contributed by atoms with Crippen LogP contribution in [0.25, 0.3) is 0 Å². The van der Waals surface area contributed by atoms with E-state index in [1.165, 1.54) is 6.92 Å². The van der Waals surface area contributed by atoms with Crippen molar-refractivity contribution in [3.63, 3.8) is 0 Å². The third kappa shape index (κ3) is 2.11. The van der Waals surface area contributed by atoms with Gasteiger partial charge in [0.2, 0.25) is 5.91 Å². The number of halogens is 4. The highest BCUT2D eigenvalue weighted by atomic mass is 35.5. The smallest absolute Gasteiger partial charge is 0.325 e.